The molecule has 0 aromatic carbocycles. The first-order valence-corrected chi connectivity index (χ1v) is 9.76. The van der Waals surface area contributed by atoms with Crippen LogP contribution in [0.15, 0.2) is 11.6 Å². The molecule has 4 saturated carbocycles. The highest BCUT2D eigenvalue weighted by Gasteiger charge is 2.60. The maximum atomic E-state index is 11.9. The fourth-order valence-electron chi connectivity index (χ4n) is 7.43. The van der Waals surface area contributed by atoms with Crippen molar-refractivity contribution in [1.82, 2.24) is 0 Å². The Labute approximate surface area is 140 Å². The van der Waals surface area contributed by atoms with Crippen molar-refractivity contribution >= 4 is 5.78 Å². The van der Waals surface area contributed by atoms with E-state index < -0.39 is 0 Å². The molecular formula is C21H32O2. The van der Waals surface area contributed by atoms with E-state index in [0.29, 0.717) is 23.0 Å². The lowest BCUT2D eigenvalue weighted by Gasteiger charge is -2.59. The van der Waals surface area contributed by atoms with E-state index in [1.165, 1.54) is 31.3 Å². The summed E-state index contributed by atoms with van der Waals surface area (Å²) in [5, 5.41) is 10.6. The number of aliphatic hydroxyl groups is 1. The van der Waals surface area contributed by atoms with Gasteiger partial charge in [0.2, 0.25) is 0 Å². The molecule has 4 aliphatic carbocycles. The first-order valence-electron chi connectivity index (χ1n) is 9.76. The third kappa shape index (κ3) is 2.06. The van der Waals surface area contributed by atoms with E-state index in [-0.39, 0.29) is 11.5 Å². The van der Waals surface area contributed by atoms with Crippen molar-refractivity contribution in [3.05, 3.63) is 11.6 Å². The molecule has 0 aromatic heterocycles. The molecular weight excluding hydrogens is 284 g/mol. The van der Waals surface area contributed by atoms with E-state index in [9.17, 15) is 9.90 Å². The van der Waals surface area contributed by atoms with Crippen LogP contribution in [0.2, 0.25) is 0 Å². The molecule has 1 N–H and O–H groups in total. The van der Waals surface area contributed by atoms with Gasteiger partial charge in [-0.3, -0.25) is 4.79 Å². The Kier molecular flexibility index (Phi) is 3.58. The molecule has 0 spiro atoms. The second kappa shape index (κ2) is 5.18. The van der Waals surface area contributed by atoms with Crippen LogP contribution in [0.4, 0.5) is 0 Å². The predicted octanol–water partition coefficient (Wildman–Crippen LogP) is 4.52. The molecule has 2 nitrogen and oxygen atoms in total. The van der Waals surface area contributed by atoms with Gasteiger partial charge in [-0.15, -0.1) is 0 Å². The molecule has 0 aliphatic heterocycles. The smallest absolute Gasteiger partial charge is 0.133 e. The largest absolute Gasteiger partial charge is 0.389 e. The van der Waals surface area contributed by atoms with Crippen LogP contribution in [0, 0.1) is 34.5 Å². The number of hydrogen-bond acceptors (Lipinski definition) is 2. The number of Topliss-reactive ketones (excluding diaryl/α,β-unsaturated/α-hetero) is 1. The molecule has 4 rings (SSSR count). The standard InChI is InChI=1S/C21H32O2/c1-4-16-19(23)12-18-15-6-5-13-11-14(22)7-9-20(13,2)17(15)8-10-21(16,18)3/h4,13,15,17-19,23H,5-12H2,1-3H3/t13?,15-,17+,18+,19?,20+,21-/m1/s1. The second-order valence-corrected chi connectivity index (χ2v) is 9.35. The van der Waals surface area contributed by atoms with Gasteiger partial charge in [-0.1, -0.05) is 19.9 Å². The van der Waals surface area contributed by atoms with Gasteiger partial charge in [0.15, 0.2) is 0 Å². The van der Waals surface area contributed by atoms with E-state index >= 15 is 0 Å². The Bertz CT molecular complexity index is 550. The molecule has 128 valence electrons. The van der Waals surface area contributed by atoms with E-state index in [4.69, 9.17) is 0 Å². The fraction of sp³-hybridized carbons (Fsp3) is 0.857. The van der Waals surface area contributed by atoms with Gasteiger partial charge >= 0.3 is 0 Å². The Morgan fingerprint density at radius 1 is 1.13 bits per heavy atom. The van der Waals surface area contributed by atoms with Crippen molar-refractivity contribution in [3.8, 4) is 0 Å². The third-order valence-corrected chi connectivity index (χ3v) is 8.68. The summed E-state index contributed by atoms with van der Waals surface area (Å²) < 4.78 is 0. The zero-order chi connectivity index (χ0) is 16.4. The number of allylic oxidation sites excluding steroid dienone is 1. The molecule has 0 saturated heterocycles. The minimum absolute atomic E-state index is 0.216. The van der Waals surface area contributed by atoms with Crippen molar-refractivity contribution in [2.75, 3.05) is 0 Å². The molecule has 0 bridgehead atoms. The monoisotopic (exact) mass is 316 g/mol. The van der Waals surface area contributed by atoms with E-state index in [1.54, 1.807) is 0 Å². The van der Waals surface area contributed by atoms with Crippen LogP contribution in [-0.4, -0.2) is 17.0 Å². The van der Waals surface area contributed by atoms with Crippen LogP contribution in [0.3, 0.4) is 0 Å². The molecule has 4 fully saturated rings. The maximum absolute atomic E-state index is 11.9. The lowest BCUT2D eigenvalue weighted by molar-refractivity contribution is -0.136. The van der Waals surface area contributed by atoms with Gasteiger partial charge in [-0.25, -0.2) is 0 Å². The van der Waals surface area contributed by atoms with Crippen molar-refractivity contribution in [3.63, 3.8) is 0 Å². The van der Waals surface area contributed by atoms with Crippen LogP contribution in [0.5, 0.6) is 0 Å². The number of carbonyl (C=O) groups is 1. The lowest BCUT2D eigenvalue weighted by atomic mass is 9.45. The maximum Gasteiger partial charge on any atom is 0.133 e. The summed E-state index contributed by atoms with van der Waals surface area (Å²) in [6.45, 7) is 7.01. The van der Waals surface area contributed by atoms with Crippen molar-refractivity contribution in [1.29, 1.82) is 0 Å². The summed E-state index contributed by atoms with van der Waals surface area (Å²) in [6, 6.07) is 0. The highest BCUT2D eigenvalue weighted by atomic mass is 16.3. The Morgan fingerprint density at radius 2 is 1.91 bits per heavy atom. The van der Waals surface area contributed by atoms with Crippen molar-refractivity contribution in [2.24, 2.45) is 34.5 Å². The molecule has 2 heteroatoms. The highest BCUT2D eigenvalue weighted by molar-refractivity contribution is 5.79. The topological polar surface area (TPSA) is 37.3 Å². The van der Waals surface area contributed by atoms with Crippen LogP contribution in [-0.2, 0) is 4.79 Å². The summed E-state index contributed by atoms with van der Waals surface area (Å²) in [4.78, 5) is 11.9. The number of hydrogen-bond donors (Lipinski definition) is 1. The lowest BCUT2D eigenvalue weighted by Crippen LogP contribution is -2.52. The van der Waals surface area contributed by atoms with Crippen LogP contribution in [0.25, 0.3) is 0 Å². The minimum Gasteiger partial charge on any atom is -0.389 e. The quantitative estimate of drug-likeness (QED) is 0.667. The first-order chi connectivity index (χ1) is 10.9. The third-order valence-electron chi connectivity index (χ3n) is 8.68. The summed E-state index contributed by atoms with van der Waals surface area (Å²) >= 11 is 0. The van der Waals surface area contributed by atoms with Gasteiger partial charge in [0.05, 0.1) is 6.10 Å². The Balaban J connectivity index is 1.66. The first kappa shape index (κ1) is 15.9. The van der Waals surface area contributed by atoms with Gasteiger partial charge in [0.1, 0.15) is 5.78 Å². The van der Waals surface area contributed by atoms with Crippen molar-refractivity contribution < 1.29 is 9.90 Å². The predicted molar refractivity (Wildman–Crippen MR) is 91.9 cm³/mol. The average Bonchev–Trinajstić information content (AvgIpc) is 2.77. The molecule has 4 aliphatic rings. The normalized spacial score (nSPS) is 54.5. The zero-order valence-corrected chi connectivity index (χ0v) is 15.0. The van der Waals surface area contributed by atoms with Crippen LogP contribution in [0.1, 0.15) is 72.1 Å². The highest BCUT2D eigenvalue weighted by Crippen LogP contribution is 2.67. The summed E-state index contributed by atoms with van der Waals surface area (Å²) in [5.74, 6) is 3.31. The van der Waals surface area contributed by atoms with Crippen molar-refractivity contribution in [2.45, 2.75) is 78.2 Å². The van der Waals surface area contributed by atoms with Crippen LogP contribution < -0.4 is 0 Å². The van der Waals surface area contributed by atoms with Gasteiger partial charge in [-0.05, 0) is 85.5 Å². The Hall–Kier alpha value is -0.630. The van der Waals surface area contributed by atoms with E-state index in [0.717, 1.165) is 37.5 Å². The number of aliphatic hydroxyl groups excluding tert-OH is 1. The number of rotatable bonds is 0. The average molecular weight is 316 g/mol. The molecule has 0 amide bonds. The minimum atomic E-state index is -0.216. The second-order valence-electron chi connectivity index (χ2n) is 9.35. The number of ketones is 1. The van der Waals surface area contributed by atoms with Crippen LogP contribution >= 0.6 is 0 Å². The summed E-state index contributed by atoms with van der Waals surface area (Å²) in [6.07, 6.45) is 10.7. The van der Waals surface area contributed by atoms with Gasteiger partial charge in [0, 0.05) is 12.8 Å². The summed E-state index contributed by atoms with van der Waals surface area (Å²) in [5.41, 5.74) is 1.91. The fourth-order valence-corrected chi connectivity index (χ4v) is 7.43. The molecule has 0 radical (unpaired) electrons. The van der Waals surface area contributed by atoms with Gasteiger partial charge in [-0.2, -0.15) is 0 Å². The van der Waals surface area contributed by atoms with Gasteiger partial charge in [0.25, 0.3) is 0 Å². The molecule has 7 atom stereocenters. The van der Waals surface area contributed by atoms with E-state index in [1.807, 2.05) is 0 Å². The summed E-state index contributed by atoms with van der Waals surface area (Å²) in [7, 11) is 0. The molecule has 0 aromatic rings. The Morgan fingerprint density at radius 3 is 2.65 bits per heavy atom. The van der Waals surface area contributed by atoms with E-state index in [2.05, 4.69) is 26.8 Å². The molecule has 0 heterocycles. The number of carbonyl (C=O) groups excluding carboxylic acids is 1. The molecule has 2 unspecified atom stereocenters. The van der Waals surface area contributed by atoms with Gasteiger partial charge < -0.3 is 5.11 Å². The zero-order valence-electron chi connectivity index (χ0n) is 15.0. The molecule has 23 heavy (non-hydrogen) atoms. The SMILES string of the molecule is CC=C1C(O)C[C@H]2[C@@H]3CCC4CC(=O)CC[C@]4(C)[C@H]3CC[C@]12C. The number of fused-ring (bicyclic) bond motifs is 5.